The molecule has 3 nitrogen and oxygen atoms in total. The zero-order valence-electron chi connectivity index (χ0n) is 10.1. The highest BCUT2D eigenvalue weighted by Crippen LogP contribution is 2.07. The van der Waals surface area contributed by atoms with E-state index in [4.69, 9.17) is 0 Å². The zero-order valence-corrected chi connectivity index (χ0v) is 10.1. The summed E-state index contributed by atoms with van der Waals surface area (Å²) in [6, 6.07) is 0.948. The zero-order chi connectivity index (χ0) is 11.1. The molecule has 1 aliphatic rings. The molecule has 1 saturated heterocycles. The van der Waals surface area contributed by atoms with Crippen LogP contribution in [-0.4, -0.2) is 36.0 Å². The van der Waals surface area contributed by atoms with Gasteiger partial charge in [-0.05, 0) is 20.8 Å². The van der Waals surface area contributed by atoms with E-state index in [1.54, 1.807) is 0 Å². The van der Waals surface area contributed by atoms with Crippen LogP contribution in [0.4, 0.5) is 0 Å². The maximum atomic E-state index is 11.0. The molecule has 3 heteroatoms. The molecular formula is C11H26N2O. The Morgan fingerprint density at radius 1 is 1.57 bits per heavy atom. The molecule has 1 fully saturated rings. The van der Waals surface area contributed by atoms with Gasteiger partial charge in [-0.2, -0.15) is 0 Å². The molecule has 1 atom stereocenters. The van der Waals surface area contributed by atoms with Crippen molar-refractivity contribution in [2.24, 2.45) is 0 Å². The molecule has 1 aliphatic heterocycles. The van der Waals surface area contributed by atoms with Crippen molar-refractivity contribution >= 4 is 5.91 Å². The van der Waals surface area contributed by atoms with Gasteiger partial charge in [-0.25, -0.2) is 0 Å². The first-order valence-electron chi connectivity index (χ1n) is 5.55. The first-order valence-corrected chi connectivity index (χ1v) is 5.55. The number of piperazine rings is 1. The largest absolute Gasteiger partial charge is 0.353 e. The Morgan fingerprint density at radius 3 is 2.43 bits per heavy atom. The fourth-order valence-electron chi connectivity index (χ4n) is 1.45. The van der Waals surface area contributed by atoms with E-state index in [1.807, 2.05) is 0 Å². The highest BCUT2D eigenvalue weighted by Gasteiger charge is 2.24. The molecule has 0 aromatic heterocycles. The van der Waals surface area contributed by atoms with Gasteiger partial charge in [0.2, 0.25) is 5.91 Å². The van der Waals surface area contributed by atoms with E-state index in [-0.39, 0.29) is 7.33 Å². The van der Waals surface area contributed by atoms with Crippen LogP contribution in [0.1, 0.15) is 42.5 Å². The molecule has 0 aliphatic carbocycles. The average Bonchev–Trinajstić information content (AvgIpc) is 2.10. The third kappa shape index (κ3) is 4.61. The molecule has 1 heterocycles. The quantitative estimate of drug-likeness (QED) is 0.704. The number of nitrogens with zero attached hydrogens (tertiary/aromatic N) is 1. The number of carbonyl (C=O) groups excluding carboxylic acids is 1. The van der Waals surface area contributed by atoms with Crippen molar-refractivity contribution < 1.29 is 6.22 Å². The number of rotatable bonds is 1. The monoisotopic (exact) mass is 202 g/mol. The van der Waals surface area contributed by atoms with Gasteiger partial charge >= 0.3 is 0 Å². The van der Waals surface area contributed by atoms with Gasteiger partial charge in [0.25, 0.3) is 0 Å². The van der Waals surface area contributed by atoms with E-state index in [0.717, 1.165) is 6.54 Å². The molecule has 14 heavy (non-hydrogen) atoms. The molecule has 86 valence electrons. The Morgan fingerprint density at radius 2 is 2.07 bits per heavy atom. The van der Waals surface area contributed by atoms with E-state index in [1.165, 1.54) is 6.42 Å². The predicted molar refractivity (Wildman–Crippen MR) is 62.4 cm³/mol. The number of nitrogens with one attached hydrogen (secondary N) is 1. The van der Waals surface area contributed by atoms with Gasteiger partial charge in [0.15, 0.2) is 0 Å². The smallest absolute Gasteiger partial charge is 0.234 e. The third-order valence-electron chi connectivity index (χ3n) is 2.15. The first-order chi connectivity index (χ1) is 6.52. The summed E-state index contributed by atoms with van der Waals surface area (Å²) in [4.78, 5) is 13.2. The normalized spacial score (nSPS) is 22.7. The minimum Gasteiger partial charge on any atom is -0.353 e. The van der Waals surface area contributed by atoms with Crippen molar-refractivity contribution in [3.8, 4) is 0 Å². The van der Waals surface area contributed by atoms with Crippen molar-refractivity contribution in [3.05, 3.63) is 0 Å². The van der Waals surface area contributed by atoms with E-state index >= 15 is 0 Å². The van der Waals surface area contributed by atoms with Gasteiger partial charge in [0.1, 0.15) is 0 Å². The molecular weight excluding hydrogens is 176 g/mol. The Hall–Kier alpha value is -0.570. The number of hydrogen-bond donors (Lipinski definition) is 1. The van der Waals surface area contributed by atoms with Crippen molar-refractivity contribution in [2.75, 3.05) is 13.1 Å². The number of hydrogen-bond acceptors (Lipinski definition) is 2. The lowest BCUT2D eigenvalue weighted by Crippen LogP contribution is -2.55. The van der Waals surface area contributed by atoms with Gasteiger partial charge in [-0.1, -0.05) is 20.3 Å². The lowest BCUT2D eigenvalue weighted by atomic mass is 10.1. The third-order valence-corrected chi connectivity index (χ3v) is 2.15. The summed E-state index contributed by atoms with van der Waals surface area (Å²) in [7, 11) is 0. The summed E-state index contributed by atoms with van der Waals surface area (Å²) in [6.07, 6.45) is 1.25. The second kappa shape index (κ2) is 6.82. The molecule has 0 aromatic rings. The molecule has 0 radical (unpaired) electrons. The number of amides is 1. The molecule has 1 rings (SSSR count). The second-order valence-corrected chi connectivity index (χ2v) is 4.13. The molecule has 0 unspecified atom stereocenters. The van der Waals surface area contributed by atoms with Crippen molar-refractivity contribution in [1.82, 2.24) is 10.2 Å². The second-order valence-electron chi connectivity index (χ2n) is 4.13. The van der Waals surface area contributed by atoms with Gasteiger partial charge in [-0.15, -0.1) is 0 Å². The summed E-state index contributed by atoms with van der Waals surface area (Å²) < 4.78 is 0. The maximum Gasteiger partial charge on any atom is 0.234 e. The van der Waals surface area contributed by atoms with Crippen LogP contribution in [-0.2, 0) is 4.79 Å². The summed E-state index contributed by atoms with van der Waals surface area (Å²) in [5, 5.41) is 2.84. The lowest BCUT2D eigenvalue weighted by molar-refractivity contribution is -0.126. The van der Waals surface area contributed by atoms with Crippen LogP contribution in [0.15, 0.2) is 0 Å². The van der Waals surface area contributed by atoms with Gasteiger partial charge in [0, 0.05) is 20.1 Å². The van der Waals surface area contributed by atoms with Crippen molar-refractivity contribution in [2.45, 2.75) is 53.1 Å². The Labute approximate surface area is 89.3 Å². The van der Waals surface area contributed by atoms with Crippen LogP contribution >= 0.6 is 0 Å². The highest BCUT2D eigenvalue weighted by molar-refractivity contribution is 5.78. The van der Waals surface area contributed by atoms with Crippen molar-refractivity contribution in [1.29, 1.82) is 0 Å². The standard InChI is InChI=1S/C8H16N2O.C3H8.H2/c1-6(2)10-5-8(11)9-4-7(10)3;1-3-2;/h6-7H,4-5H2,1-3H3,(H,9,11);3H2,1-2H3;1H/t7-;;/m0../s1. The summed E-state index contributed by atoms with van der Waals surface area (Å²) in [6.45, 7) is 12.0. The summed E-state index contributed by atoms with van der Waals surface area (Å²) >= 11 is 0. The van der Waals surface area contributed by atoms with E-state index in [9.17, 15) is 4.79 Å². The van der Waals surface area contributed by atoms with Crippen LogP contribution in [0.2, 0.25) is 0 Å². The fraction of sp³-hybridized carbons (Fsp3) is 0.909. The minimum atomic E-state index is 0. The fourth-order valence-corrected chi connectivity index (χ4v) is 1.45. The van der Waals surface area contributed by atoms with E-state index < -0.39 is 0 Å². The molecule has 0 aromatic carbocycles. The van der Waals surface area contributed by atoms with E-state index in [2.05, 4.69) is 44.8 Å². The Bertz CT molecular complexity index is 174. The maximum absolute atomic E-state index is 11.0. The predicted octanol–water partition coefficient (Wildman–Crippen LogP) is 1.88. The number of carbonyl (C=O) groups is 1. The van der Waals surface area contributed by atoms with Crippen LogP contribution in [0.3, 0.4) is 0 Å². The van der Waals surface area contributed by atoms with Crippen molar-refractivity contribution in [3.63, 3.8) is 0 Å². The first kappa shape index (κ1) is 13.4. The van der Waals surface area contributed by atoms with E-state index in [0.29, 0.717) is 18.6 Å². The molecule has 1 amide bonds. The van der Waals surface area contributed by atoms with Crippen LogP contribution in [0.5, 0.6) is 0 Å². The summed E-state index contributed by atoms with van der Waals surface area (Å²) in [5.41, 5.74) is 0. The highest BCUT2D eigenvalue weighted by atomic mass is 16.2. The van der Waals surface area contributed by atoms with Gasteiger partial charge in [0.05, 0.1) is 6.54 Å². The van der Waals surface area contributed by atoms with Crippen LogP contribution in [0, 0.1) is 0 Å². The van der Waals surface area contributed by atoms with Gasteiger partial charge < -0.3 is 5.32 Å². The van der Waals surface area contributed by atoms with Crippen LogP contribution in [0.25, 0.3) is 0 Å². The molecule has 1 N–H and O–H groups in total. The molecule has 0 saturated carbocycles. The molecule has 0 bridgehead atoms. The van der Waals surface area contributed by atoms with Gasteiger partial charge in [-0.3, -0.25) is 9.69 Å². The topological polar surface area (TPSA) is 32.3 Å². The Balaban J connectivity index is 0. The minimum absolute atomic E-state index is 0. The summed E-state index contributed by atoms with van der Waals surface area (Å²) in [5.74, 6) is 0.150. The van der Waals surface area contributed by atoms with Crippen LogP contribution < -0.4 is 5.32 Å². The Kier molecular flexibility index (Phi) is 6.54. The average molecular weight is 202 g/mol. The SMILES string of the molecule is CC(C)N1CC(=O)NC[C@@H]1C.CCC.[HH]. The molecule has 0 spiro atoms. The lowest BCUT2D eigenvalue weighted by Gasteiger charge is -2.35.